The zero-order chi connectivity index (χ0) is 13.7. The summed E-state index contributed by atoms with van der Waals surface area (Å²) in [5, 5.41) is 2.98. The Balaban J connectivity index is 1.81. The highest BCUT2D eigenvalue weighted by Gasteiger charge is 2.10. The van der Waals surface area contributed by atoms with Crippen LogP contribution in [-0.2, 0) is 13.0 Å². The number of imidazole rings is 1. The topological polar surface area (TPSA) is 29.9 Å². The van der Waals surface area contributed by atoms with E-state index in [1.54, 1.807) is 18.2 Å². The molecule has 1 aromatic carbocycles. The first-order valence-corrected chi connectivity index (χ1v) is 5.92. The summed E-state index contributed by atoms with van der Waals surface area (Å²) >= 11 is 0. The second kappa shape index (κ2) is 6.38. The Morgan fingerprint density at radius 3 is 2.79 bits per heavy atom. The fraction of sp³-hybridized carbons (Fsp3) is 0.308. The van der Waals surface area contributed by atoms with Crippen LogP contribution in [0.1, 0.15) is 17.9 Å². The van der Waals surface area contributed by atoms with Crippen molar-refractivity contribution < 1.29 is 13.2 Å². The van der Waals surface area contributed by atoms with Crippen LogP contribution in [0.5, 0.6) is 0 Å². The number of nitrogens with one attached hydrogen (secondary N) is 1. The summed E-state index contributed by atoms with van der Waals surface area (Å²) in [6.45, 7) is -1.87. The molecule has 102 valence electrons. The molecule has 0 aliphatic carbocycles. The average Bonchev–Trinajstić information content (AvgIpc) is 2.85. The first-order valence-electron chi connectivity index (χ1n) is 5.92. The molecule has 0 saturated heterocycles. The molecule has 19 heavy (non-hydrogen) atoms. The molecule has 0 unspecified atom stereocenters. The molecule has 0 spiro atoms. The van der Waals surface area contributed by atoms with Crippen LogP contribution >= 0.6 is 0 Å². The molecule has 0 radical (unpaired) electrons. The Labute approximate surface area is 109 Å². The van der Waals surface area contributed by atoms with Crippen molar-refractivity contribution in [1.29, 1.82) is 0 Å². The van der Waals surface area contributed by atoms with Gasteiger partial charge in [0.05, 0.1) is 6.54 Å². The summed E-state index contributed by atoms with van der Waals surface area (Å²) in [5.74, 6) is 0.0157. The van der Waals surface area contributed by atoms with Crippen LogP contribution in [0.25, 0.3) is 0 Å². The molecule has 0 amide bonds. The molecule has 2 rings (SSSR count). The minimum absolute atomic E-state index is 0.228. The van der Waals surface area contributed by atoms with Gasteiger partial charge in [0.25, 0.3) is 0 Å². The third-order valence-electron chi connectivity index (χ3n) is 2.77. The Hall–Kier alpha value is -1.82. The molecule has 1 aromatic heterocycles. The lowest BCUT2D eigenvalue weighted by Crippen LogP contribution is -2.20. The van der Waals surface area contributed by atoms with Gasteiger partial charge in [-0.25, -0.2) is 9.37 Å². The predicted molar refractivity (Wildman–Crippen MR) is 65.3 cm³/mol. The molecule has 0 aliphatic rings. The van der Waals surface area contributed by atoms with Gasteiger partial charge < -0.3 is 5.32 Å². The van der Waals surface area contributed by atoms with Gasteiger partial charge in [-0.2, -0.15) is 8.78 Å². The summed E-state index contributed by atoms with van der Waals surface area (Å²) in [7, 11) is 0. The first-order chi connectivity index (χ1) is 9.18. The molecule has 0 fully saturated rings. The molecule has 0 aliphatic heterocycles. The van der Waals surface area contributed by atoms with Gasteiger partial charge in [-0.15, -0.1) is 0 Å². The summed E-state index contributed by atoms with van der Waals surface area (Å²) in [5.41, 5.74) is 0.604. The zero-order valence-corrected chi connectivity index (χ0v) is 10.2. The molecule has 1 N–H and O–H groups in total. The summed E-state index contributed by atoms with van der Waals surface area (Å²) < 4.78 is 39.2. The number of nitrogens with zero attached hydrogens (tertiary/aromatic N) is 2. The number of alkyl halides is 2. The molecule has 3 nitrogen and oxygen atoms in total. The molecule has 0 bridgehead atoms. The lowest BCUT2D eigenvalue weighted by atomic mass is 10.1. The van der Waals surface area contributed by atoms with Crippen molar-refractivity contribution in [3.8, 4) is 0 Å². The average molecular weight is 269 g/mol. The standard InChI is InChI=1S/C13H14F3N3/c14-11-4-2-1-3-10(11)5-6-17-9-12-18-7-8-19(12)13(15)16/h1-4,7-8,13,17H,5-6,9H2. The van der Waals surface area contributed by atoms with Gasteiger partial charge in [-0.3, -0.25) is 4.57 Å². The minimum Gasteiger partial charge on any atom is -0.310 e. The lowest BCUT2D eigenvalue weighted by Gasteiger charge is -2.08. The number of hydrogen-bond donors (Lipinski definition) is 1. The number of hydrogen-bond acceptors (Lipinski definition) is 2. The fourth-order valence-electron chi connectivity index (χ4n) is 1.78. The van der Waals surface area contributed by atoms with E-state index in [0.717, 1.165) is 4.57 Å². The van der Waals surface area contributed by atoms with Crippen molar-refractivity contribution in [2.75, 3.05) is 6.54 Å². The van der Waals surface area contributed by atoms with Crippen LogP contribution in [0.3, 0.4) is 0 Å². The van der Waals surface area contributed by atoms with Gasteiger partial charge in [0, 0.05) is 12.4 Å². The van der Waals surface area contributed by atoms with Gasteiger partial charge in [0.15, 0.2) is 0 Å². The van der Waals surface area contributed by atoms with Gasteiger partial charge in [-0.1, -0.05) is 18.2 Å². The van der Waals surface area contributed by atoms with E-state index in [9.17, 15) is 13.2 Å². The highest BCUT2D eigenvalue weighted by atomic mass is 19.3. The number of halogens is 3. The number of benzene rings is 1. The summed E-state index contributed by atoms with van der Waals surface area (Å²) in [6.07, 6.45) is 3.07. The summed E-state index contributed by atoms with van der Waals surface area (Å²) in [4.78, 5) is 3.85. The molecule has 6 heteroatoms. The van der Waals surface area contributed by atoms with E-state index in [2.05, 4.69) is 10.3 Å². The van der Waals surface area contributed by atoms with Gasteiger partial charge in [0.1, 0.15) is 11.6 Å². The minimum atomic E-state index is -2.59. The Bertz CT molecular complexity index is 525. The fourth-order valence-corrected chi connectivity index (χ4v) is 1.78. The number of aromatic nitrogens is 2. The van der Waals surface area contributed by atoms with E-state index in [0.29, 0.717) is 18.5 Å². The van der Waals surface area contributed by atoms with Crippen LogP contribution in [0.4, 0.5) is 13.2 Å². The molecule has 0 atom stereocenters. The quantitative estimate of drug-likeness (QED) is 0.817. The normalized spacial score (nSPS) is 11.2. The Morgan fingerprint density at radius 1 is 1.26 bits per heavy atom. The van der Waals surface area contributed by atoms with E-state index in [-0.39, 0.29) is 18.2 Å². The molecule has 0 saturated carbocycles. The maximum Gasteiger partial charge on any atom is 0.319 e. The van der Waals surface area contributed by atoms with Crippen molar-refractivity contribution in [3.05, 3.63) is 53.9 Å². The smallest absolute Gasteiger partial charge is 0.310 e. The molecule has 2 aromatic rings. The van der Waals surface area contributed by atoms with Gasteiger partial charge in [0.2, 0.25) is 0 Å². The first kappa shape index (κ1) is 13.6. The molecule has 1 heterocycles. The maximum atomic E-state index is 13.3. The van der Waals surface area contributed by atoms with Crippen LogP contribution < -0.4 is 5.32 Å². The van der Waals surface area contributed by atoms with Crippen LogP contribution in [0.15, 0.2) is 36.7 Å². The van der Waals surface area contributed by atoms with E-state index >= 15 is 0 Å². The highest BCUT2D eigenvalue weighted by Crippen LogP contribution is 2.12. The van der Waals surface area contributed by atoms with E-state index < -0.39 is 6.55 Å². The third-order valence-corrected chi connectivity index (χ3v) is 2.77. The van der Waals surface area contributed by atoms with Crippen molar-refractivity contribution >= 4 is 0 Å². The predicted octanol–water partition coefficient (Wildman–Crippen LogP) is 2.75. The largest absolute Gasteiger partial charge is 0.319 e. The number of rotatable bonds is 6. The highest BCUT2D eigenvalue weighted by molar-refractivity contribution is 5.17. The lowest BCUT2D eigenvalue weighted by molar-refractivity contribution is 0.0666. The Kier molecular flexibility index (Phi) is 4.57. The second-order valence-electron chi connectivity index (χ2n) is 4.05. The molecular weight excluding hydrogens is 255 g/mol. The van der Waals surface area contributed by atoms with E-state index in [4.69, 9.17) is 0 Å². The van der Waals surface area contributed by atoms with E-state index in [1.807, 2.05) is 0 Å². The van der Waals surface area contributed by atoms with Crippen LogP contribution in [0, 0.1) is 5.82 Å². The summed E-state index contributed by atoms with van der Waals surface area (Å²) in [6, 6.07) is 6.50. The van der Waals surface area contributed by atoms with Crippen molar-refractivity contribution in [2.24, 2.45) is 0 Å². The molecular formula is C13H14F3N3. The zero-order valence-electron chi connectivity index (χ0n) is 10.2. The maximum absolute atomic E-state index is 13.3. The van der Waals surface area contributed by atoms with Crippen LogP contribution in [-0.4, -0.2) is 16.1 Å². The van der Waals surface area contributed by atoms with Crippen molar-refractivity contribution in [1.82, 2.24) is 14.9 Å². The van der Waals surface area contributed by atoms with Crippen LogP contribution in [0.2, 0.25) is 0 Å². The van der Waals surface area contributed by atoms with Crippen molar-refractivity contribution in [3.63, 3.8) is 0 Å². The third kappa shape index (κ3) is 3.57. The SMILES string of the molecule is Fc1ccccc1CCNCc1nccn1C(F)F. The van der Waals surface area contributed by atoms with Gasteiger partial charge in [-0.05, 0) is 24.6 Å². The van der Waals surface area contributed by atoms with E-state index in [1.165, 1.54) is 18.5 Å². The second-order valence-corrected chi connectivity index (χ2v) is 4.05. The van der Waals surface area contributed by atoms with Crippen molar-refractivity contribution in [2.45, 2.75) is 19.5 Å². The Morgan fingerprint density at radius 2 is 2.05 bits per heavy atom. The monoisotopic (exact) mass is 269 g/mol. The van der Waals surface area contributed by atoms with Gasteiger partial charge >= 0.3 is 6.55 Å².